The second-order valence-electron chi connectivity index (χ2n) is 4.87. The molecule has 0 spiro atoms. The molecule has 1 aromatic carbocycles. The van der Waals surface area contributed by atoms with Crippen molar-refractivity contribution in [1.82, 2.24) is 9.88 Å². The van der Waals surface area contributed by atoms with Crippen molar-refractivity contribution in [2.24, 2.45) is 0 Å². The molecule has 0 aliphatic rings. The third kappa shape index (κ3) is 4.76. The van der Waals surface area contributed by atoms with Gasteiger partial charge in [-0.25, -0.2) is 0 Å². The standard InChI is InChI=1S/C15H17BrN4O2/c1-20(2)8-7-18-15-13(9-17)19-14(22-15)10-21-12-5-3-11(16)4-6-12/h3-6,18H,7-8,10H2,1-2H3. The van der Waals surface area contributed by atoms with Gasteiger partial charge < -0.3 is 19.4 Å². The highest BCUT2D eigenvalue weighted by atomic mass is 79.9. The highest BCUT2D eigenvalue weighted by molar-refractivity contribution is 9.10. The Morgan fingerprint density at radius 3 is 2.73 bits per heavy atom. The Morgan fingerprint density at radius 1 is 1.36 bits per heavy atom. The van der Waals surface area contributed by atoms with Gasteiger partial charge in [-0.3, -0.25) is 0 Å². The van der Waals surface area contributed by atoms with Crippen LogP contribution in [0.25, 0.3) is 0 Å². The molecule has 0 saturated carbocycles. The number of hydrogen-bond acceptors (Lipinski definition) is 6. The molecule has 0 unspecified atom stereocenters. The number of benzene rings is 1. The van der Waals surface area contributed by atoms with E-state index in [9.17, 15) is 0 Å². The van der Waals surface area contributed by atoms with E-state index in [1.54, 1.807) is 0 Å². The second kappa shape index (κ2) is 7.82. The van der Waals surface area contributed by atoms with Crippen LogP contribution in [-0.2, 0) is 6.61 Å². The lowest BCUT2D eigenvalue weighted by atomic mass is 10.3. The molecule has 0 fully saturated rings. The zero-order valence-corrected chi connectivity index (χ0v) is 14.1. The Bertz CT molecular complexity index is 647. The molecule has 116 valence electrons. The van der Waals surface area contributed by atoms with Gasteiger partial charge in [0.25, 0.3) is 0 Å². The first-order chi connectivity index (χ1) is 10.6. The van der Waals surface area contributed by atoms with E-state index < -0.39 is 0 Å². The topological polar surface area (TPSA) is 74.3 Å². The normalized spacial score (nSPS) is 10.5. The Kier molecular flexibility index (Phi) is 5.81. The Hall–Kier alpha value is -2.04. The number of oxazole rings is 1. The van der Waals surface area contributed by atoms with Gasteiger partial charge >= 0.3 is 0 Å². The number of aromatic nitrogens is 1. The van der Waals surface area contributed by atoms with Gasteiger partial charge in [0.05, 0.1) is 0 Å². The number of halogens is 1. The van der Waals surface area contributed by atoms with Crippen LogP contribution in [0, 0.1) is 11.3 Å². The maximum Gasteiger partial charge on any atom is 0.236 e. The van der Waals surface area contributed by atoms with Crippen LogP contribution in [0.3, 0.4) is 0 Å². The lowest BCUT2D eigenvalue weighted by molar-refractivity contribution is 0.264. The molecule has 0 bridgehead atoms. The van der Waals surface area contributed by atoms with Crippen molar-refractivity contribution in [3.05, 3.63) is 40.3 Å². The van der Waals surface area contributed by atoms with E-state index in [0.29, 0.717) is 24.1 Å². The molecule has 2 aromatic rings. The first-order valence-corrected chi connectivity index (χ1v) is 7.54. The summed E-state index contributed by atoms with van der Waals surface area (Å²) in [5, 5.41) is 12.2. The fourth-order valence-electron chi connectivity index (χ4n) is 1.69. The summed E-state index contributed by atoms with van der Waals surface area (Å²) in [5.41, 5.74) is 0.244. The van der Waals surface area contributed by atoms with Gasteiger partial charge in [0.1, 0.15) is 11.8 Å². The van der Waals surface area contributed by atoms with Gasteiger partial charge in [0, 0.05) is 17.6 Å². The predicted octanol–water partition coefficient (Wildman–Crippen LogP) is 2.86. The average molecular weight is 365 g/mol. The van der Waals surface area contributed by atoms with Crippen LogP contribution in [0.4, 0.5) is 5.88 Å². The smallest absolute Gasteiger partial charge is 0.236 e. The third-order valence-electron chi connectivity index (χ3n) is 2.80. The van der Waals surface area contributed by atoms with Crippen LogP contribution in [0.2, 0.25) is 0 Å². The number of nitrogens with one attached hydrogen (secondary N) is 1. The minimum atomic E-state index is 0.172. The molecule has 2 rings (SSSR count). The molecular weight excluding hydrogens is 348 g/mol. The van der Waals surface area contributed by atoms with Crippen molar-refractivity contribution in [2.45, 2.75) is 6.61 Å². The summed E-state index contributed by atoms with van der Waals surface area (Å²) in [6.45, 7) is 1.67. The third-order valence-corrected chi connectivity index (χ3v) is 3.33. The molecule has 0 radical (unpaired) electrons. The molecule has 0 atom stereocenters. The van der Waals surface area contributed by atoms with Gasteiger partial charge in [-0.05, 0) is 38.4 Å². The Morgan fingerprint density at radius 2 is 2.09 bits per heavy atom. The number of anilines is 1. The van der Waals surface area contributed by atoms with Crippen LogP contribution >= 0.6 is 15.9 Å². The van der Waals surface area contributed by atoms with Crippen LogP contribution in [-0.4, -0.2) is 37.1 Å². The van der Waals surface area contributed by atoms with Crippen molar-refractivity contribution in [2.75, 3.05) is 32.5 Å². The molecule has 0 aliphatic carbocycles. The first kappa shape index (κ1) is 16.3. The molecule has 0 saturated heterocycles. The largest absolute Gasteiger partial charge is 0.484 e. The average Bonchev–Trinajstić information content (AvgIpc) is 2.89. The van der Waals surface area contributed by atoms with Crippen molar-refractivity contribution in [3.8, 4) is 11.8 Å². The van der Waals surface area contributed by atoms with E-state index in [1.165, 1.54) is 0 Å². The first-order valence-electron chi connectivity index (χ1n) is 6.75. The summed E-state index contributed by atoms with van der Waals surface area (Å²) in [4.78, 5) is 6.16. The maximum atomic E-state index is 9.09. The summed E-state index contributed by atoms with van der Waals surface area (Å²) in [5.74, 6) is 1.47. The fraction of sp³-hybridized carbons (Fsp3) is 0.333. The highest BCUT2D eigenvalue weighted by Crippen LogP contribution is 2.20. The Labute approximate surface area is 137 Å². The van der Waals surface area contributed by atoms with E-state index in [1.807, 2.05) is 49.3 Å². The number of rotatable bonds is 7. The van der Waals surface area contributed by atoms with Crippen molar-refractivity contribution >= 4 is 21.8 Å². The predicted molar refractivity (Wildman–Crippen MR) is 86.7 cm³/mol. The van der Waals surface area contributed by atoms with E-state index in [0.717, 1.165) is 11.0 Å². The van der Waals surface area contributed by atoms with E-state index in [-0.39, 0.29) is 12.3 Å². The fourth-order valence-corrected chi connectivity index (χ4v) is 1.96. The summed E-state index contributed by atoms with van der Waals surface area (Å²) in [6, 6.07) is 9.48. The zero-order chi connectivity index (χ0) is 15.9. The molecule has 1 N–H and O–H groups in total. The van der Waals surface area contributed by atoms with Crippen molar-refractivity contribution < 1.29 is 9.15 Å². The van der Waals surface area contributed by atoms with Crippen LogP contribution in [0.15, 0.2) is 33.2 Å². The zero-order valence-electron chi connectivity index (χ0n) is 12.5. The number of hydrogen-bond donors (Lipinski definition) is 1. The summed E-state index contributed by atoms with van der Waals surface area (Å²) >= 11 is 3.36. The molecular formula is C15H17BrN4O2. The van der Waals surface area contributed by atoms with Gasteiger partial charge in [0.15, 0.2) is 6.61 Å². The summed E-state index contributed by atoms with van der Waals surface area (Å²) < 4.78 is 12.1. The number of ether oxygens (including phenoxy) is 1. The maximum absolute atomic E-state index is 9.09. The van der Waals surface area contributed by atoms with E-state index >= 15 is 0 Å². The minimum Gasteiger partial charge on any atom is -0.484 e. The van der Waals surface area contributed by atoms with Crippen LogP contribution in [0.1, 0.15) is 11.6 Å². The van der Waals surface area contributed by atoms with Gasteiger partial charge in [-0.15, -0.1) is 0 Å². The molecule has 0 aliphatic heterocycles. The van der Waals surface area contributed by atoms with Crippen LogP contribution in [0.5, 0.6) is 5.75 Å². The minimum absolute atomic E-state index is 0.172. The molecule has 1 aromatic heterocycles. The summed E-state index contributed by atoms with van der Waals surface area (Å²) in [7, 11) is 3.95. The molecule has 22 heavy (non-hydrogen) atoms. The van der Waals surface area contributed by atoms with Gasteiger partial charge in [-0.2, -0.15) is 10.2 Å². The molecule has 7 heteroatoms. The monoisotopic (exact) mass is 364 g/mol. The van der Waals surface area contributed by atoms with E-state index in [2.05, 4.69) is 26.2 Å². The SMILES string of the molecule is CN(C)CCNc1oc(COc2ccc(Br)cc2)nc1C#N. The number of likely N-dealkylation sites (N-methyl/N-ethyl adjacent to an activating group) is 1. The van der Waals surface area contributed by atoms with Crippen molar-refractivity contribution in [3.63, 3.8) is 0 Å². The number of nitriles is 1. The van der Waals surface area contributed by atoms with Gasteiger partial charge in [0.2, 0.25) is 17.5 Å². The molecule has 6 nitrogen and oxygen atoms in total. The lowest BCUT2D eigenvalue weighted by Gasteiger charge is -2.09. The van der Waals surface area contributed by atoms with Gasteiger partial charge in [-0.1, -0.05) is 15.9 Å². The summed E-state index contributed by atoms with van der Waals surface area (Å²) in [6.07, 6.45) is 0. The highest BCUT2D eigenvalue weighted by Gasteiger charge is 2.13. The Balaban J connectivity index is 1.95. The molecule has 1 heterocycles. The van der Waals surface area contributed by atoms with E-state index in [4.69, 9.17) is 14.4 Å². The van der Waals surface area contributed by atoms with Crippen LogP contribution < -0.4 is 10.1 Å². The lowest BCUT2D eigenvalue weighted by Crippen LogP contribution is -2.20. The quantitative estimate of drug-likeness (QED) is 0.813. The number of nitrogens with zero attached hydrogens (tertiary/aromatic N) is 3. The second-order valence-corrected chi connectivity index (χ2v) is 5.79. The molecule has 0 amide bonds. The van der Waals surface area contributed by atoms with Crippen molar-refractivity contribution in [1.29, 1.82) is 5.26 Å².